The molecule has 2 saturated heterocycles. The Kier molecular flexibility index (Phi) is 6.07. The summed E-state index contributed by atoms with van der Waals surface area (Å²) in [5.74, 6) is -2.03. The quantitative estimate of drug-likeness (QED) is 0.522. The summed E-state index contributed by atoms with van der Waals surface area (Å²) in [7, 11) is 0. The lowest BCUT2D eigenvalue weighted by Crippen LogP contribution is -2.52. The van der Waals surface area contributed by atoms with Crippen molar-refractivity contribution in [3.8, 4) is 0 Å². The average Bonchev–Trinajstić information content (AvgIpc) is 3.32. The average molecular weight is 438 g/mol. The van der Waals surface area contributed by atoms with Crippen LogP contribution in [0.2, 0.25) is 0 Å². The third kappa shape index (κ3) is 3.86. The zero-order valence-corrected chi connectivity index (χ0v) is 18.9. The van der Waals surface area contributed by atoms with Crippen LogP contribution in [0.15, 0.2) is 0 Å². The third-order valence-electron chi connectivity index (χ3n) is 8.22. The first-order valence-electron chi connectivity index (χ1n) is 11.6. The van der Waals surface area contributed by atoms with Crippen molar-refractivity contribution in [2.45, 2.75) is 77.8 Å². The standard InChI is InChI=1S/C23H35NO7/c1-12-9-16-19(15(22(28)31-16)11-24-7-5-6-8-24)21(27)23(4)18(30-14(3)26)10-17(20(12)23)29-13(2)25/h12,15-21,27H,5-11H2,1-4H3/t12-,15+,16+,17+,18+,19-,20-,21+,23-/m1/s1. The summed E-state index contributed by atoms with van der Waals surface area (Å²) < 4.78 is 17.2. The molecule has 2 aliphatic heterocycles. The van der Waals surface area contributed by atoms with Gasteiger partial charge in [0.1, 0.15) is 18.3 Å². The van der Waals surface area contributed by atoms with Crippen LogP contribution in [0.1, 0.15) is 53.4 Å². The second-order valence-electron chi connectivity index (χ2n) is 10.2. The van der Waals surface area contributed by atoms with Crippen molar-refractivity contribution in [3.05, 3.63) is 0 Å². The highest BCUT2D eigenvalue weighted by atomic mass is 16.6. The first-order chi connectivity index (χ1) is 14.6. The fourth-order valence-corrected chi connectivity index (χ4v) is 7.03. The Morgan fingerprint density at radius 3 is 2.42 bits per heavy atom. The van der Waals surface area contributed by atoms with E-state index in [4.69, 9.17) is 14.2 Å². The predicted octanol–water partition coefficient (Wildman–Crippen LogP) is 1.53. The molecular formula is C23H35NO7. The Labute approximate surface area is 183 Å². The molecule has 4 fully saturated rings. The molecule has 0 aromatic rings. The van der Waals surface area contributed by atoms with Crippen LogP contribution < -0.4 is 0 Å². The van der Waals surface area contributed by atoms with Gasteiger partial charge in [0.25, 0.3) is 0 Å². The summed E-state index contributed by atoms with van der Waals surface area (Å²) >= 11 is 0. The number of hydrogen-bond donors (Lipinski definition) is 1. The van der Waals surface area contributed by atoms with Gasteiger partial charge in [-0.1, -0.05) is 13.8 Å². The SMILES string of the molecule is CC(=O)O[C@H]1C[C@H](OC(C)=O)[C@]2(C)[C@@H]1[C@H](C)C[C@@H]1OC(=O)[C@@H](CN3CCCC3)[C@H]1[C@@H]2O. The van der Waals surface area contributed by atoms with Gasteiger partial charge >= 0.3 is 17.9 Å². The second-order valence-corrected chi connectivity index (χ2v) is 10.2. The number of hydrogen-bond acceptors (Lipinski definition) is 8. The number of carbonyl (C=O) groups excluding carboxylic acids is 3. The van der Waals surface area contributed by atoms with Gasteiger partial charge in [0, 0.05) is 44.1 Å². The largest absolute Gasteiger partial charge is 0.462 e. The Morgan fingerprint density at radius 2 is 1.81 bits per heavy atom. The van der Waals surface area contributed by atoms with E-state index < -0.39 is 35.6 Å². The van der Waals surface area contributed by atoms with E-state index in [2.05, 4.69) is 4.90 Å². The van der Waals surface area contributed by atoms with Gasteiger partial charge in [-0.15, -0.1) is 0 Å². The van der Waals surface area contributed by atoms with Gasteiger partial charge in [0.05, 0.1) is 12.0 Å². The number of aliphatic hydroxyl groups excluding tert-OH is 1. The molecule has 0 bridgehead atoms. The van der Waals surface area contributed by atoms with Crippen molar-refractivity contribution in [2.24, 2.45) is 29.1 Å². The molecule has 0 aromatic carbocycles. The third-order valence-corrected chi connectivity index (χ3v) is 8.22. The highest BCUT2D eigenvalue weighted by Gasteiger charge is 2.67. The minimum absolute atomic E-state index is 0.0119. The highest BCUT2D eigenvalue weighted by Crippen LogP contribution is 2.58. The van der Waals surface area contributed by atoms with E-state index in [1.807, 2.05) is 13.8 Å². The van der Waals surface area contributed by atoms with E-state index in [0.717, 1.165) is 25.9 Å². The zero-order chi connectivity index (χ0) is 22.5. The molecule has 8 nitrogen and oxygen atoms in total. The molecule has 0 spiro atoms. The summed E-state index contributed by atoms with van der Waals surface area (Å²) in [6.45, 7) is 9.19. The number of carbonyl (C=O) groups is 3. The number of ether oxygens (including phenoxy) is 3. The number of rotatable bonds is 4. The number of likely N-dealkylation sites (tertiary alicyclic amines) is 1. The fraction of sp³-hybridized carbons (Fsp3) is 0.870. The monoisotopic (exact) mass is 437 g/mol. The van der Waals surface area contributed by atoms with E-state index in [-0.39, 0.29) is 35.8 Å². The van der Waals surface area contributed by atoms with Gasteiger partial charge in [0.15, 0.2) is 0 Å². The van der Waals surface area contributed by atoms with Crippen LogP contribution in [-0.2, 0) is 28.6 Å². The number of nitrogens with zero attached hydrogens (tertiary/aromatic N) is 1. The summed E-state index contributed by atoms with van der Waals surface area (Å²) in [6.07, 6.45) is 0.822. The van der Waals surface area contributed by atoms with E-state index in [0.29, 0.717) is 19.4 Å². The maximum atomic E-state index is 12.8. The van der Waals surface area contributed by atoms with Gasteiger partial charge in [-0.05, 0) is 38.3 Å². The van der Waals surface area contributed by atoms with Gasteiger partial charge in [0.2, 0.25) is 0 Å². The van der Waals surface area contributed by atoms with Gasteiger partial charge in [-0.3, -0.25) is 14.4 Å². The van der Waals surface area contributed by atoms with Crippen molar-refractivity contribution in [1.29, 1.82) is 0 Å². The van der Waals surface area contributed by atoms with Crippen LogP contribution in [0, 0.1) is 29.1 Å². The molecule has 2 heterocycles. The molecule has 2 saturated carbocycles. The molecule has 174 valence electrons. The highest BCUT2D eigenvalue weighted by molar-refractivity contribution is 5.76. The van der Waals surface area contributed by atoms with Crippen LogP contribution in [0.25, 0.3) is 0 Å². The second kappa shape index (κ2) is 8.35. The Bertz CT molecular complexity index is 735. The molecule has 0 aromatic heterocycles. The lowest BCUT2D eigenvalue weighted by molar-refractivity contribution is -0.165. The van der Waals surface area contributed by atoms with Crippen LogP contribution in [-0.4, -0.2) is 72.0 Å². The first-order valence-corrected chi connectivity index (χ1v) is 11.6. The van der Waals surface area contributed by atoms with E-state index in [9.17, 15) is 19.5 Å². The maximum absolute atomic E-state index is 12.8. The Hall–Kier alpha value is -1.67. The molecule has 1 N–H and O–H groups in total. The van der Waals surface area contributed by atoms with Crippen molar-refractivity contribution in [3.63, 3.8) is 0 Å². The lowest BCUT2D eigenvalue weighted by Gasteiger charge is -2.43. The predicted molar refractivity (Wildman–Crippen MR) is 110 cm³/mol. The normalized spacial score (nSPS) is 44.9. The zero-order valence-electron chi connectivity index (χ0n) is 18.9. The molecule has 0 amide bonds. The molecule has 0 radical (unpaired) electrons. The molecule has 2 aliphatic carbocycles. The summed E-state index contributed by atoms with van der Waals surface area (Å²) in [5, 5.41) is 11.8. The van der Waals surface area contributed by atoms with E-state index >= 15 is 0 Å². The van der Waals surface area contributed by atoms with Gasteiger partial charge < -0.3 is 24.2 Å². The van der Waals surface area contributed by atoms with E-state index in [1.165, 1.54) is 13.8 Å². The lowest BCUT2D eigenvalue weighted by atomic mass is 9.66. The van der Waals surface area contributed by atoms with Gasteiger partial charge in [-0.2, -0.15) is 0 Å². The molecule has 9 atom stereocenters. The summed E-state index contributed by atoms with van der Waals surface area (Å²) in [6, 6.07) is 0. The Morgan fingerprint density at radius 1 is 1.16 bits per heavy atom. The van der Waals surface area contributed by atoms with Crippen LogP contribution in [0.4, 0.5) is 0 Å². The number of esters is 3. The molecule has 8 heteroatoms. The molecule has 4 rings (SSSR count). The Balaban J connectivity index is 1.69. The summed E-state index contributed by atoms with van der Waals surface area (Å²) in [4.78, 5) is 38.8. The van der Waals surface area contributed by atoms with Crippen molar-refractivity contribution >= 4 is 17.9 Å². The van der Waals surface area contributed by atoms with Crippen LogP contribution in [0.3, 0.4) is 0 Å². The number of fused-ring (bicyclic) bond motifs is 2. The van der Waals surface area contributed by atoms with E-state index in [1.54, 1.807) is 0 Å². The topological polar surface area (TPSA) is 102 Å². The molecular weight excluding hydrogens is 402 g/mol. The molecule has 0 unspecified atom stereocenters. The van der Waals surface area contributed by atoms with Crippen molar-refractivity contribution in [1.82, 2.24) is 4.90 Å². The van der Waals surface area contributed by atoms with Crippen molar-refractivity contribution < 1.29 is 33.7 Å². The van der Waals surface area contributed by atoms with Crippen LogP contribution >= 0.6 is 0 Å². The minimum atomic E-state index is -0.920. The summed E-state index contributed by atoms with van der Waals surface area (Å²) in [5.41, 5.74) is -0.845. The fourth-order valence-electron chi connectivity index (χ4n) is 7.03. The van der Waals surface area contributed by atoms with Crippen LogP contribution in [0.5, 0.6) is 0 Å². The molecule has 31 heavy (non-hydrogen) atoms. The number of aliphatic hydroxyl groups is 1. The maximum Gasteiger partial charge on any atom is 0.311 e. The first kappa shape index (κ1) is 22.5. The molecule has 4 aliphatic rings. The van der Waals surface area contributed by atoms with Gasteiger partial charge in [-0.25, -0.2) is 0 Å². The van der Waals surface area contributed by atoms with Crippen molar-refractivity contribution in [2.75, 3.05) is 19.6 Å². The minimum Gasteiger partial charge on any atom is -0.462 e. The smallest absolute Gasteiger partial charge is 0.311 e.